The number of nitrogens with two attached hydrogens (primary N) is 1. The summed E-state index contributed by atoms with van der Waals surface area (Å²) >= 11 is 0. The van der Waals surface area contributed by atoms with Gasteiger partial charge in [0.2, 0.25) is 11.8 Å². The largest absolute Gasteiger partial charge is 0.481 e. The van der Waals surface area contributed by atoms with Gasteiger partial charge in [-0.3, -0.25) is 4.79 Å². The molecule has 0 aromatic carbocycles. The van der Waals surface area contributed by atoms with Crippen LogP contribution >= 0.6 is 0 Å². The minimum Gasteiger partial charge on any atom is -0.481 e. The summed E-state index contributed by atoms with van der Waals surface area (Å²) < 4.78 is 6.72. The van der Waals surface area contributed by atoms with Crippen LogP contribution in [-0.2, 0) is 18.4 Å². The number of methoxy groups -OCH3 is 1. The standard InChI is InChI=1S/C12H22N4O2/c1-8(2)5-10(13)12(17)14-7-9-6-11(18-4)16(3)15-9/h6,8,10H,5,7,13H2,1-4H3,(H,14,17). The van der Waals surface area contributed by atoms with E-state index < -0.39 is 6.04 Å². The molecule has 1 aromatic heterocycles. The number of hydrogen-bond acceptors (Lipinski definition) is 4. The smallest absolute Gasteiger partial charge is 0.237 e. The van der Waals surface area contributed by atoms with E-state index in [4.69, 9.17) is 10.5 Å². The first kappa shape index (κ1) is 14.5. The molecule has 1 rings (SSSR count). The lowest BCUT2D eigenvalue weighted by Gasteiger charge is -2.13. The van der Waals surface area contributed by atoms with Crippen molar-refractivity contribution in [1.29, 1.82) is 0 Å². The number of aryl methyl sites for hydroxylation is 1. The van der Waals surface area contributed by atoms with Gasteiger partial charge in [0, 0.05) is 13.1 Å². The highest BCUT2D eigenvalue weighted by Crippen LogP contribution is 2.10. The number of aromatic nitrogens is 2. The quantitative estimate of drug-likeness (QED) is 0.770. The van der Waals surface area contributed by atoms with Gasteiger partial charge in [-0.05, 0) is 12.3 Å². The second-order valence-electron chi connectivity index (χ2n) is 4.76. The SMILES string of the molecule is COc1cc(CNC(=O)C(N)CC(C)C)nn1C. The van der Waals surface area contributed by atoms with Crippen LogP contribution in [0.25, 0.3) is 0 Å². The van der Waals surface area contributed by atoms with Crippen LogP contribution in [0.15, 0.2) is 6.07 Å². The summed E-state index contributed by atoms with van der Waals surface area (Å²) in [4.78, 5) is 11.7. The number of amides is 1. The zero-order valence-electron chi connectivity index (χ0n) is 11.4. The van der Waals surface area contributed by atoms with E-state index in [1.807, 2.05) is 13.8 Å². The summed E-state index contributed by atoms with van der Waals surface area (Å²) in [6.07, 6.45) is 0.678. The van der Waals surface area contributed by atoms with Crippen molar-refractivity contribution in [3.05, 3.63) is 11.8 Å². The van der Waals surface area contributed by atoms with Crippen molar-refractivity contribution < 1.29 is 9.53 Å². The summed E-state index contributed by atoms with van der Waals surface area (Å²) in [6, 6.07) is 1.32. The van der Waals surface area contributed by atoms with Crippen molar-refractivity contribution in [1.82, 2.24) is 15.1 Å². The molecule has 1 aromatic rings. The van der Waals surface area contributed by atoms with Gasteiger partial charge in [0.15, 0.2) is 0 Å². The maximum atomic E-state index is 11.7. The van der Waals surface area contributed by atoms with E-state index in [-0.39, 0.29) is 5.91 Å². The van der Waals surface area contributed by atoms with Gasteiger partial charge in [0.25, 0.3) is 0 Å². The van der Waals surface area contributed by atoms with E-state index in [0.29, 0.717) is 24.8 Å². The monoisotopic (exact) mass is 254 g/mol. The molecule has 0 saturated heterocycles. The molecule has 0 aliphatic heterocycles. The molecule has 18 heavy (non-hydrogen) atoms. The summed E-state index contributed by atoms with van der Waals surface area (Å²) in [6.45, 7) is 4.44. The molecule has 0 radical (unpaired) electrons. The fraction of sp³-hybridized carbons (Fsp3) is 0.667. The molecule has 102 valence electrons. The fourth-order valence-corrected chi connectivity index (χ4v) is 1.71. The van der Waals surface area contributed by atoms with Crippen LogP contribution in [0, 0.1) is 5.92 Å². The van der Waals surface area contributed by atoms with Crippen LogP contribution in [0.3, 0.4) is 0 Å². The van der Waals surface area contributed by atoms with Crippen LogP contribution in [0.4, 0.5) is 0 Å². The van der Waals surface area contributed by atoms with Crippen LogP contribution in [0.1, 0.15) is 26.0 Å². The van der Waals surface area contributed by atoms with Crippen molar-refractivity contribution in [3.63, 3.8) is 0 Å². The van der Waals surface area contributed by atoms with Gasteiger partial charge in [-0.15, -0.1) is 0 Å². The van der Waals surface area contributed by atoms with E-state index in [1.165, 1.54) is 0 Å². The lowest BCUT2D eigenvalue weighted by atomic mass is 10.0. The molecular weight excluding hydrogens is 232 g/mol. The average Bonchev–Trinajstić information content (AvgIpc) is 2.65. The van der Waals surface area contributed by atoms with Crippen molar-refractivity contribution in [2.24, 2.45) is 18.7 Å². The van der Waals surface area contributed by atoms with Crippen molar-refractivity contribution in [2.75, 3.05) is 7.11 Å². The summed E-state index contributed by atoms with van der Waals surface area (Å²) in [5, 5.41) is 6.98. The number of ether oxygens (including phenoxy) is 1. The van der Waals surface area contributed by atoms with Crippen molar-refractivity contribution in [2.45, 2.75) is 32.9 Å². The van der Waals surface area contributed by atoms with Gasteiger partial charge >= 0.3 is 0 Å². The Hall–Kier alpha value is -1.56. The molecule has 1 unspecified atom stereocenters. The molecule has 0 aliphatic rings. The normalized spacial score (nSPS) is 12.6. The Kier molecular flexibility index (Phi) is 5.15. The van der Waals surface area contributed by atoms with Gasteiger partial charge < -0.3 is 15.8 Å². The number of nitrogens with one attached hydrogen (secondary N) is 1. The minimum atomic E-state index is -0.462. The topological polar surface area (TPSA) is 82.2 Å². The summed E-state index contributed by atoms with van der Waals surface area (Å²) in [7, 11) is 3.37. The van der Waals surface area contributed by atoms with Crippen LogP contribution < -0.4 is 15.8 Å². The van der Waals surface area contributed by atoms with E-state index >= 15 is 0 Å². The average molecular weight is 254 g/mol. The molecule has 0 spiro atoms. The lowest BCUT2D eigenvalue weighted by molar-refractivity contribution is -0.122. The van der Waals surface area contributed by atoms with E-state index in [9.17, 15) is 4.79 Å². The molecule has 1 atom stereocenters. The van der Waals surface area contributed by atoms with Crippen LogP contribution in [0.5, 0.6) is 5.88 Å². The first-order valence-corrected chi connectivity index (χ1v) is 6.04. The number of carbonyl (C=O) groups excluding carboxylic acids is 1. The Morgan fingerprint density at radius 1 is 1.61 bits per heavy atom. The lowest BCUT2D eigenvalue weighted by Crippen LogP contribution is -2.41. The molecule has 0 saturated carbocycles. The Morgan fingerprint density at radius 3 is 2.78 bits per heavy atom. The molecule has 1 amide bonds. The zero-order valence-corrected chi connectivity index (χ0v) is 11.4. The second kappa shape index (κ2) is 6.39. The maximum Gasteiger partial charge on any atom is 0.237 e. The molecule has 3 N–H and O–H groups in total. The first-order chi connectivity index (χ1) is 8.43. The van der Waals surface area contributed by atoms with Crippen LogP contribution in [-0.4, -0.2) is 28.8 Å². The predicted octanol–water partition coefficient (Wildman–Crippen LogP) is 0.418. The molecule has 0 aliphatic carbocycles. The zero-order chi connectivity index (χ0) is 13.7. The summed E-state index contributed by atoms with van der Waals surface area (Å²) in [5.74, 6) is 0.916. The third-order valence-electron chi connectivity index (χ3n) is 2.60. The van der Waals surface area contributed by atoms with Crippen molar-refractivity contribution >= 4 is 5.91 Å². The molecule has 0 bridgehead atoms. The Labute approximate surface area is 107 Å². The second-order valence-corrected chi connectivity index (χ2v) is 4.76. The van der Waals surface area contributed by atoms with E-state index in [1.54, 1.807) is 24.9 Å². The molecule has 0 fully saturated rings. The molecule has 6 nitrogen and oxygen atoms in total. The molecule has 6 heteroatoms. The van der Waals surface area contributed by atoms with Gasteiger partial charge in [-0.2, -0.15) is 5.10 Å². The minimum absolute atomic E-state index is 0.145. The first-order valence-electron chi connectivity index (χ1n) is 6.04. The molecular formula is C12H22N4O2. The van der Waals surface area contributed by atoms with Crippen LogP contribution in [0.2, 0.25) is 0 Å². The van der Waals surface area contributed by atoms with E-state index in [2.05, 4.69) is 10.4 Å². The van der Waals surface area contributed by atoms with Gasteiger partial charge in [0.05, 0.1) is 25.4 Å². The number of carbonyl (C=O) groups is 1. The third-order valence-corrected chi connectivity index (χ3v) is 2.60. The third kappa shape index (κ3) is 4.03. The number of rotatable bonds is 6. The highest BCUT2D eigenvalue weighted by atomic mass is 16.5. The Morgan fingerprint density at radius 2 is 2.28 bits per heavy atom. The Balaban J connectivity index is 2.46. The van der Waals surface area contributed by atoms with Gasteiger partial charge in [-0.1, -0.05) is 13.8 Å². The molecule has 1 heterocycles. The summed E-state index contributed by atoms with van der Waals surface area (Å²) in [5.41, 5.74) is 6.53. The maximum absolute atomic E-state index is 11.7. The fourth-order valence-electron chi connectivity index (χ4n) is 1.71. The van der Waals surface area contributed by atoms with Crippen molar-refractivity contribution in [3.8, 4) is 5.88 Å². The highest BCUT2D eigenvalue weighted by Gasteiger charge is 2.15. The number of nitrogens with zero attached hydrogens (tertiary/aromatic N) is 2. The predicted molar refractivity (Wildman–Crippen MR) is 69.0 cm³/mol. The van der Waals surface area contributed by atoms with E-state index in [0.717, 1.165) is 5.69 Å². The Bertz CT molecular complexity index is 401. The number of hydrogen-bond donors (Lipinski definition) is 2. The highest BCUT2D eigenvalue weighted by molar-refractivity contribution is 5.81. The van der Waals surface area contributed by atoms with Gasteiger partial charge in [-0.25, -0.2) is 4.68 Å². The van der Waals surface area contributed by atoms with Gasteiger partial charge in [0.1, 0.15) is 0 Å².